The number of nitrogens with one attached hydrogen (secondary N) is 1. The summed E-state index contributed by atoms with van der Waals surface area (Å²) in [5.74, 6) is 0.329. The number of carbonyl (C=O) groups excluding carboxylic acids is 1. The van der Waals surface area contributed by atoms with Gasteiger partial charge in [-0.1, -0.05) is 12.2 Å². The highest BCUT2D eigenvalue weighted by Gasteiger charge is 2.36. The van der Waals surface area contributed by atoms with Crippen LogP contribution in [-0.4, -0.2) is 25.7 Å². The largest absolute Gasteiger partial charge is 0.468 e. The van der Waals surface area contributed by atoms with Gasteiger partial charge in [-0.05, 0) is 25.7 Å². The van der Waals surface area contributed by atoms with Crippen LogP contribution < -0.4 is 5.32 Å². The number of carbonyl (C=O) groups is 1. The molecule has 0 aliphatic heterocycles. The Hall–Kier alpha value is -0.830. The molecule has 0 aromatic carbocycles. The standard InChI is InChI=1S/C10H17NO2/c1-7(2)6-11-9(8-4-5-8)10(12)13-3/h8-9,11H,1,4-6H2,2-3H3. The van der Waals surface area contributed by atoms with Crippen molar-refractivity contribution in [1.29, 1.82) is 0 Å². The van der Waals surface area contributed by atoms with Gasteiger partial charge in [-0.15, -0.1) is 0 Å². The van der Waals surface area contributed by atoms with Crippen LogP contribution in [0, 0.1) is 5.92 Å². The van der Waals surface area contributed by atoms with Crippen LogP contribution in [0.1, 0.15) is 19.8 Å². The predicted molar refractivity (Wildman–Crippen MR) is 51.3 cm³/mol. The smallest absolute Gasteiger partial charge is 0.323 e. The Morgan fingerprint density at radius 1 is 1.69 bits per heavy atom. The Morgan fingerprint density at radius 3 is 2.69 bits per heavy atom. The Labute approximate surface area is 79.2 Å². The summed E-state index contributed by atoms with van der Waals surface area (Å²) in [5, 5.41) is 3.16. The zero-order valence-corrected chi connectivity index (χ0v) is 8.30. The Morgan fingerprint density at radius 2 is 2.31 bits per heavy atom. The quantitative estimate of drug-likeness (QED) is 0.512. The molecule has 0 bridgehead atoms. The Balaban J connectivity index is 2.38. The number of hydrogen-bond acceptors (Lipinski definition) is 3. The molecule has 1 fully saturated rings. The minimum absolute atomic E-state index is 0.123. The van der Waals surface area contributed by atoms with Crippen LogP contribution in [0.25, 0.3) is 0 Å². The van der Waals surface area contributed by atoms with E-state index < -0.39 is 0 Å². The molecule has 1 saturated carbocycles. The van der Waals surface area contributed by atoms with Crippen molar-refractivity contribution in [2.75, 3.05) is 13.7 Å². The Kier molecular flexibility index (Phi) is 3.48. The molecular weight excluding hydrogens is 166 g/mol. The number of methoxy groups -OCH3 is 1. The van der Waals surface area contributed by atoms with Crippen molar-refractivity contribution in [3.63, 3.8) is 0 Å². The van der Waals surface area contributed by atoms with Crippen LogP contribution in [0.5, 0.6) is 0 Å². The summed E-state index contributed by atoms with van der Waals surface area (Å²) in [6, 6.07) is -0.123. The lowest BCUT2D eigenvalue weighted by Gasteiger charge is -2.15. The number of ether oxygens (including phenoxy) is 1. The number of rotatable bonds is 5. The van der Waals surface area contributed by atoms with Crippen molar-refractivity contribution in [3.05, 3.63) is 12.2 Å². The van der Waals surface area contributed by atoms with E-state index in [1.807, 2.05) is 6.92 Å². The summed E-state index contributed by atoms with van der Waals surface area (Å²) in [7, 11) is 1.43. The lowest BCUT2D eigenvalue weighted by atomic mass is 10.2. The summed E-state index contributed by atoms with van der Waals surface area (Å²) >= 11 is 0. The van der Waals surface area contributed by atoms with E-state index >= 15 is 0 Å². The van der Waals surface area contributed by atoms with E-state index in [0.717, 1.165) is 18.4 Å². The van der Waals surface area contributed by atoms with Crippen molar-refractivity contribution in [1.82, 2.24) is 5.32 Å². The lowest BCUT2D eigenvalue weighted by molar-refractivity contribution is -0.143. The van der Waals surface area contributed by atoms with Gasteiger partial charge in [0.15, 0.2) is 0 Å². The topological polar surface area (TPSA) is 38.3 Å². The zero-order valence-electron chi connectivity index (χ0n) is 8.30. The van der Waals surface area contributed by atoms with Crippen LogP contribution in [-0.2, 0) is 9.53 Å². The minimum atomic E-state index is -0.149. The Bertz CT molecular complexity index is 209. The van der Waals surface area contributed by atoms with Gasteiger partial charge < -0.3 is 10.1 Å². The predicted octanol–water partition coefficient (Wildman–Crippen LogP) is 1.10. The molecule has 1 N–H and O–H groups in total. The fraction of sp³-hybridized carbons (Fsp3) is 0.700. The molecule has 0 heterocycles. The van der Waals surface area contributed by atoms with Crippen LogP contribution in [0.4, 0.5) is 0 Å². The maximum atomic E-state index is 11.3. The molecule has 0 spiro atoms. The molecule has 13 heavy (non-hydrogen) atoms. The monoisotopic (exact) mass is 183 g/mol. The minimum Gasteiger partial charge on any atom is -0.468 e. The van der Waals surface area contributed by atoms with E-state index in [-0.39, 0.29) is 12.0 Å². The molecule has 1 unspecified atom stereocenters. The summed E-state index contributed by atoms with van der Waals surface area (Å²) in [6.45, 7) is 6.41. The average Bonchev–Trinajstić information content (AvgIpc) is 2.87. The molecule has 0 aromatic rings. The first-order chi connectivity index (χ1) is 6.15. The molecule has 0 saturated heterocycles. The van der Waals surface area contributed by atoms with Crippen molar-refractivity contribution in [3.8, 4) is 0 Å². The van der Waals surface area contributed by atoms with Gasteiger partial charge in [-0.3, -0.25) is 4.79 Å². The summed E-state index contributed by atoms with van der Waals surface area (Å²) in [6.07, 6.45) is 2.26. The summed E-state index contributed by atoms with van der Waals surface area (Å²) < 4.78 is 4.71. The molecule has 0 amide bonds. The molecule has 3 nitrogen and oxygen atoms in total. The average molecular weight is 183 g/mol. The van der Waals surface area contributed by atoms with Gasteiger partial charge in [0.2, 0.25) is 0 Å². The van der Waals surface area contributed by atoms with Crippen molar-refractivity contribution < 1.29 is 9.53 Å². The zero-order chi connectivity index (χ0) is 9.84. The molecule has 1 rings (SSSR count). The van der Waals surface area contributed by atoms with Gasteiger partial charge >= 0.3 is 5.97 Å². The van der Waals surface area contributed by atoms with E-state index in [0.29, 0.717) is 12.5 Å². The van der Waals surface area contributed by atoms with Gasteiger partial charge in [-0.25, -0.2) is 0 Å². The fourth-order valence-corrected chi connectivity index (χ4v) is 1.28. The van der Waals surface area contributed by atoms with Crippen LogP contribution >= 0.6 is 0 Å². The first-order valence-electron chi connectivity index (χ1n) is 4.60. The summed E-state index contributed by atoms with van der Waals surface area (Å²) in [5.41, 5.74) is 1.04. The van der Waals surface area contributed by atoms with Crippen molar-refractivity contribution in [2.45, 2.75) is 25.8 Å². The lowest BCUT2D eigenvalue weighted by Crippen LogP contribution is -2.40. The van der Waals surface area contributed by atoms with Crippen molar-refractivity contribution in [2.24, 2.45) is 5.92 Å². The first-order valence-corrected chi connectivity index (χ1v) is 4.60. The van der Waals surface area contributed by atoms with E-state index in [4.69, 9.17) is 4.74 Å². The molecule has 1 aliphatic carbocycles. The second kappa shape index (κ2) is 4.42. The maximum Gasteiger partial charge on any atom is 0.323 e. The third-order valence-electron chi connectivity index (χ3n) is 2.17. The molecular formula is C10H17NO2. The first kappa shape index (κ1) is 10.3. The fourth-order valence-electron chi connectivity index (χ4n) is 1.28. The molecule has 0 aromatic heterocycles. The maximum absolute atomic E-state index is 11.3. The van der Waals surface area contributed by atoms with Crippen molar-refractivity contribution >= 4 is 5.97 Å². The highest BCUT2D eigenvalue weighted by atomic mass is 16.5. The van der Waals surface area contributed by atoms with Crippen LogP contribution in [0.2, 0.25) is 0 Å². The van der Waals surface area contributed by atoms with Crippen LogP contribution in [0.15, 0.2) is 12.2 Å². The van der Waals surface area contributed by atoms with E-state index in [2.05, 4.69) is 11.9 Å². The third kappa shape index (κ3) is 3.19. The van der Waals surface area contributed by atoms with E-state index in [9.17, 15) is 4.79 Å². The van der Waals surface area contributed by atoms with Gasteiger partial charge in [0.1, 0.15) is 6.04 Å². The highest BCUT2D eigenvalue weighted by Crippen LogP contribution is 2.33. The molecule has 74 valence electrons. The number of hydrogen-bond donors (Lipinski definition) is 1. The van der Waals surface area contributed by atoms with Gasteiger partial charge in [0.05, 0.1) is 7.11 Å². The molecule has 0 radical (unpaired) electrons. The summed E-state index contributed by atoms with van der Waals surface area (Å²) in [4.78, 5) is 11.3. The van der Waals surface area contributed by atoms with Gasteiger partial charge in [0, 0.05) is 6.54 Å². The van der Waals surface area contributed by atoms with E-state index in [1.54, 1.807) is 0 Å². The van der Waals surface area contributed by atoms with Crippen LogP contribution in [0.3, 0.4) is 0 Å². The molecule has 1 aliphatic rings. The highest BCUT2D eigenvalue weighted by molar-refractivity contribution is 5.76. The third-order valence-corrected chi connectivity index (χ3v) is 2.17. The second-order valence-electron chi connectivity index (χ2n) is 3.68. The van der Waals surface area contributed by atoms with Gasteiger partial charge in [-0.2, -0.15) is 0 Å². The number of esters is 1. The van der Waals surface area contributed by atoms with Gasteiger partial charge in [0.25, 0.3) is 0 Å². The SMILES string of the molecule is C=C(C)CNC(C(=O)OC)C1CC1. The normalized spacial score (nSPS) is 18.0. The molecule has 1 atom stereocenters. The second-order valence-corrected chi connectivity index (χ2v) is 3.68. The molecule has 3 heteroatoms. The van der Waals surface area contributed by atoms with E-state index in [1.165, 1.54) is 7.11 Å².